The Morgan fingerprint density at radius 3 is 2.64 bits per heavy atom. The van der Waals surface area contributed by atoms with E-state index in [1.54, 1.807) is 0 Å². The molecule has 0 N–H and O–H groups in total. The highest BCUT2D eigenvalue weighted by atomic mass is 35.5. The van der Waals surface area contributed by atoms with Crippen LogP contribution in [0, 0.1) is 4.91 Å². The van der Waals surface area contributed by atoms with E-state index in [-0.39, 0.29) is 6.73 Å². The Morgan fingerprint density at radius 2 is 2.21 bits per heavy atom. The molecule has 7 heteroatoms. The Labute approximate surface area is 92.2 Å². The molecule has 0 aromatic rings. The van der Waals surface area contributed by atoms with Crippen LogP contribution in [0.25, 0.3) is 0 Å². The number of carbonyl (C=O) groups excluding carboxylic acids is 1. The minimum absolute atomic E-state index is 0.210. The monoisotopic (exact) mass is 242 g/mol. The highest BCUT2D eigenvalue weighted by molar-refractivity contribution is 6.52. The molecule has 0 aromatic carbocycles. The van der Waals surface area contributed by atoms with E-state index >= 15 is 0 Å². The van der Waals surface area contributed by atoms with Gasteiger partial charge in [0, 0.05) is 6.54 Å². The van der Waals surface area contributed by atoms with Gasteiger partial charge in [0.15, 0.2) is 6.73 Å². The van der Waals surface area contributed by atoms with Gasteiger partial charge in [-0.3, -0.25) is 0 Å². The molecule has 0 radical (unpaired) electrons. The van der Waals surface area contributed by atoms with Crippen molar-refractivity contribution in [2.75, 3.05) is 13.3 Å². The van der Waals surface area contributed by atoms with Crippen molar-refractivity contribution in [1.82, 2.24) is 5.01 Å². The topological polar surface area (TPSA) is 59.0 Å². The summed E-state index contributed by atoms with van der Waals surface area (Å²) in [6.45, 7) is 2.21. The normalized spacial score (nSPS) is 10.0. The van der Waals surface area contributed by atoms with Crippen LogP contribution < -0.4 is 0 Å². The highest BCUT2D eigenvalue weighted by Crippen LogP contribution is 2.04. The predicted octanol–water partition coefficient (Wildman–Crippen LogP) is 2.07. The minimum atomic E-state index is -1.23. The van der Waals surface area contributed by atoms with Crippen molar-refractivity contribution in [3.8, 4) is 0 Å². The molecule has 0 saturated carbocycles. The van der Waals surface area contributed by atoms with Gasteiger partial charge >= 0.3 is 5.97 Å². The number of hydrogen-bond acceptors (Lipinski definition) is 4. The first-order chi connectivity index (χ1) is 6.61. The summed E-state index contributed by atoms with van der Waals surface area (Å²) in [6, 6.07) is 0. The van der Waals surface area contributed by atoms with E-state index in [1.165, 1.54) is 0 Å². The summed E-state index contributed by atoms with van der Waals surface area (Å²) in [4.78, 5) is 19.8. The second-order valence-corrected chi connectivity index (χ2v) is 3.65. The fraction of sp³-hybridized carbons (Fsp3) is 0.857. The minimum Gasteiger partial charge on any atom is -0.441 e. The fourth-order valence-corrected chi connectivity index (χ4v) is 0.797. The van der Waals surface area contributed by atoms with E-state index in [0.717, 1.165) is 17.9 Å². The lowest BCUT2D eigenvalue weighted by Crippen LogP contribution is -2.25. The second-order valence-electron chi connectivity index (χ2n) is 2.56. The molecule has 0 fully saturated rings. The molecule has 0 aliphatic rings. The number of unbranched alkanes of at least 4 members (excludes halogenated alkanes) is 1. The Morgan fingerprint density at radius 1 is 1.57 bits per heavy atom. The zero-order chi connectivity index (χ0) is 11.0. The third-order valence-electron chi connectivity index (χ3n) is 1.42. The maximum Gasteiger partial charge on any atom is 0.341 e. The summed E-state index contributed by atoms with van der Waals surface area (Å²) in [5.41, 5.74) is 0. The average molecular weight is 243 g/mol. The molecule has 0 rings (SSSR count). The van der Waals surface area contributed by atoms with Crippen LogP contribution >= 0.6 is 23.2 Å². The van der Waals surface area contributed by atoms with Crippen molar-refractivity contribution in [3.63, 3.8) is 0 Å². The zero-order valence-corrected chi connectivity index (χ0v) is 9.29. The molecule has 0 heterocycles. The van der Waals surface area contributed by atoms with Crippen LogP contribution in [0.15, 0.2) is 5.29 Å². The molecule has 0 spiro atoms. The maximum atomic E-state index is 10.8. The number of alkyl halides is 2. The molecular formula is C7H12Cl2N2O3. The van der Waals surface area contributed by atoms with Gasteiger partial charge in [0.2, 0.25) is 4.84 Å². The number of rotatable bonds is 7. The molecular weight excluding hydrogens is 231 g/mol. The van der Waals surface area contributed by atoms with Crippen LogP contribution in [-0.4, -0.2) is 29.1 Å². The van der Waals surface area contributed by atoms with E-state index in [1.807, 2.05) is 6.92 Å². The van der Waals surface area contributed by atoms with Crippen molar-refractivity contribution in [2.24, 2.45) is 5.29 Å². The lowest BCUT2D eigenvalue weighted by atomic mass is 10.3. The summed E-state index contributed by atoms with van der Waals surface area (Å²) >= 11 is 10.4. The lowest BCUT2D eigenvalue weighted by molar-refractivity contribution is -0.146. The Kier molecular flexibility index (Phi) is 7.51. The maximum absolute atomic E-state index is 10.8. The summed E-state index contributed by atoms with van der Waals surface area (Å²) in [5, 5.41) is 3.77. The Bertz CT molecular complexity index is 190. The van der Waals surface area contributed by atoms with Crippen LogP contribution in [0.2, 0.25) is 0 Å². The molecule has 0 aliphatic heterocycles. The van der Waals surface area contributed by atoms with Gasteiger partial charge in [-0.1, -0.05) is 36.5 Å². The molecule has 0 saturated heterocycles. The third-order valence-corrected chi connectivity index (χ3v) is 1.78. The molecule has 14 heavy (non-hydrogen) atoms. The van der Waals surface area contributed by atoms with Gasteiger partial charge in [-0.15, -0.1) is 4.91 Å². The van der Waals surface area contributed by atoms with Gasteiger partial charge in [-0.25, -0.2) is 9.80 Å². The standard InChI is InChI=1S/C7H12Cl2N2O3/c1-2-3-4-11(10-13)5-14-7(12)6(8)9/h6H,2-5H2,1H3. The van der Waals surface area contributed by atoms with Crippen molar-refractivity contribution in [1.29, 1.82) is 0 Å². The van der Waals surface area contributed by atoms with Crippen LogP contribution in [0.3, 0.4) is 0 Å². The SMILES string of the molecule is CCCCN(COC(=O)C(Cl)Cl)N=O. The molecule has 0 amide bonds. The number of hydrogen-bond donors (Lipinski definition) is 0. The quantitative estimate of drug-likeness (QED) is 0.226. The van der Waals surface area contributed by atoms with Crippen LogP contribution in [0.1, 0.15) is 19.8 Å². The molecule has 0 aromatic heterocycles. The number of nitroso groups, excluding NO2 is 1. The van der Waals surface area contributed by atoms with E-state index < -0.39 is 10.8 Å². The summed E-state index contributed by atoms with van der Waals surface area (Å²) in [5.74, 6) is -0.779. The molecule has 5 nitrogen and oxygen atoms in total. The molecule has 0 unspecified atom stereocenters. The largest absolute Gasteiger partial charge is 0.441 e. The lowest BCUT2D eigenvalue weighted by Gasteiger charge is -2.14. The van der Waals surface area contributed by atoms with Crippen LogP contribution in [-0.2, 0) is 9.53 Å². The number of nitrogens with zero attached hydrogens (tertiary/aromatic N) is 2. The van der Waals surface area contributed by atoms with E-state index in [2.05, 4.69) is 10.0 Å². The van der Waals surface area contributed by atoms with Gasteiger partial charge in [-0.2, -0.15) is 0 Å². The van der Waals surface area contributed by atoms with Crippen LogP contribution in [0.4, 0.5) is 0 Å². The third kappa shape index (κ3) is 5.99. The van der Waals surface area contributed by atoms with Gasteiger partial charge in [0.1, 0.15) is 0 Å². The van der Waals surface area contributed by atoms with E-state index in [0.29, 0.717) is 6.54 Å². The Balaban J connectivity index is 3.72. The van der Waals surface area contributed by atoms with Crippen molar-refractivity contribution in [3.05, 3.63) is 4.91 Å². The van der Waals surface area contributed by atoms with Crippen molar-refractivity contribution >= 4 is 29.2 Å². The first-order valence-corrected chi connectivity index (χ1v) is 5.02. The first-order valence-electron chi connectivity index (χ1n) is 4.14. The number of ether oxygens (including phenoxy) is 1. The van der Waals surface area contributed by atoms with Gasteiger partial charge in [-0.05, 0) is 6.42 Å². The van der Waals surface area contributed by atoms with Gasteiger partial charge in [0.25, 0.3) is 0 Å². The summed E-state index contributed by atoms with van der Waals surface area (Å²) in [6.07, 6.45) is 1.72. The van der Waals surface area contributed by atoms with Crippen LogP contribution in [0.5, 0.6) is 0 Å². The summed E-state index contributed by atoms with van der Waals surface area (Å²) < 4.78 is 4.58. The Hall–Kier alpha value is -0.550. The van der Waals surface area contributed by atoms with Crippen molar-refractivity contribution < 1.29 is 9.53 Å². The molecule has 0 atom stereocenters. The summed E-state index contributed by atoms with van der Waals surface area (Å²) in [7, 11) is 0. The second kappa shape index (κ2) is 7.82. The molecule has 0 aliphatic carbocycles. The molecule has 0 bridgehead atoms. The number of halogens is 2. The van der Waals surface area contributed by atoms with E-state index in [9.17, 15) is 9.70 Å². The smallest absolute Gasteiger partial charge is 0.341 e. The van der Waals surface area contributed by atoms with Gasteiger partial charge < -0.3 is 4.74 Å². The van der Waals surface area contributed by atoms with Crippen molar-refractivity contribution in [2.45, 2.75) is 24.6 Å². The fourth-order valence-electron chi connectivity index (χ4n) is 0.671. The number of esters is 1. The number of carbonyl (C=O) groups is 1. The predicted molar refractivity (Wildman–Crippen MR) is 53.9 cm³/mol. The zero-order valence-electron chi connectivity index (χ0n) is 7.78. The van der Waals surface area contributed by atoms with Gasteiger partial charge in [0.05, 0.1) is 5.29 Å². The highest BCUT2D eigenvalue weighted by Gasteiger charge is 2.14. The first kappa shape index (κ1) is 13.4. The average Bonchev–Trinajstić information content (AvgIpc) is 2.17. The molecule has 82 valence electrons. The van der Waals surface area contributed by atoms with E-state index in [4.69, 9.17) is 23.2 Å².